The van der Waals surface area contributed by atoms with Gasteiger partial charge < -0.3 is 9.84 Å². The predicted octanol–water partition coefficient (Wildman–Crippen LogP) is 0.488. The SMILES string of the molecule is O=S(=O)(NCC1CCCO1)c1ccc(C#CCO)cc1. The van der Waals surface area contributed by atoms with Crippen LogP contribution in [0, 0.1) is 11.8 Å². The largest absolute Gasteiger partial charge is 0.384 e. The lowest BCUT2D eigenvalue weighted by Gasteiger charge is -2.11. The van der Waals surface area contributed by atoms with Crippen LogP contribution < -0.4 is 4.72 Å². The first-order valence-corrected chi connectivity index (χ1v) is 7.91. The molecule has 2 rings (SSSR count). The van der Waals surface area contributed by atoms with Gasteiger partial charge in [-0.05, 0) is 37.1 Å². The summed E-state index contributed by atoms with van der Waals surface area (Å²) in [5.41, 5.74) is 0.664. The first kappa shape index (κ1) is 15.0. The van der Waals surface area contributed by atoms with Crippen molar-refractivity contribution >= 4 is 10.0 Å². The number of rotatable bonds is 4. The van der Waals surface area contributed by atoms with Gasteiger partial charge in [0.2, 0.25) is 10.0 Å². The van der Waals surface area contributed by atoms with Crippen molar-refractivity contribution in [3.63, 3.8) is 0 Å². The van der Waals surface area contributed by atoms with E-state index in [4.69, 9.17) is 9.84 Å². The van der Waals surface area contributed by atoms with Gasteiger partial charge >= 0.3 is 0 Å². The van der Waals surface area contributed by atoms with Gasteiger partial charge in [0, 0.05) is 18.7 Å². The summed E-state index contributed by atoms with van der Waals surface area (Å²) in [6.07, 6.45) is 1.84. The highest BCUT2D eigenvalue weighted by atomic mass is 32.2. The number of aliphatic hydroxyl groups excluding tert-OH is 1. The van der Waals surface area contributed by atoms with E-state index in [1.165, 1.54) is 12.1 Å². The van der Waals surface area contributed by atoms with Crippen molar-refractivity contribution in [3.8, 4) is 11.8 Å². The summed E-state index contributed by atoms with van der Waals surface area (Å²) in [5, 5.41) is 8.59. The lowest BCUT2D eigenvalue weighted by atomic mass is 10.2. The topological polar surface area (TPSA) is 75.6 Å². The zero-order chi connectivity index (χ0) is 14.4. The van der Waals surface area contributed by atoms with E-state index in [0.717, 1.165) is 12.8 Å². The first-order valence-electron chi connectivity index (χ1n) is 6.43. The number of benzene rings is 1. The van der Waals surface area contributed by atoms with E-state index in [1.807, 2.05) is 0 Å². The second-order valence-corrected chi connectivity index (χ2v) is 6.24. The van der Waals surface area contributed by atoms with Crippen molar-refractivity contribution in [2.24, 2.45) is 0 Å². The van der Waals surface area contributed by atoms with E-state index in [1.54, 1.807) is 12.1 Å². The summed E-state index contributed by atoms with van der Waals surface area (Å²) in [4.78, 5) is 0.199. The molecule has 0 radical (unpaired) electrons. The van der Waals surface area contributed by atoms with E-state index in [2.05, 4.69) is 16.6 Å². The molecule has 1 aliphatic rings. The van der Waals surface area contributed by atoms with Crippen LogP contribution in [-0.2, 0) is 14.8 Å². The molecule has 0 saturated carbocycles. The number of hydrogen-bond acceptors (Lipinski definition) is 4. The van der Waals surface area contributed by atoms with Crippen LogP contribution >= 0.6 is 0 Å². The maximum Gasteiger partial charge on any atom is 0.240 e. The molecule has 1 atom stereocenters. The van der Waals surface area contributed by atoms with Crippen LogP contribution in [0.2, 0.25) is 0 Å². The van der Waals surface area contributed by atoms with Crippen LogP contribution in [0.4, 0.5) is 0 Å². The maximum atomic E-state index is 12.1. The standard InChI is InChI=1S/C14H17NO4S/c16-9-1-3-12-5-7-14(8-6-12)20(17,18)15-11-13-4-2-10-19-13/h5-8,13,15-16H,2,4,9-11H2. The van der Waals surface area contributed by atoms with Crippen LogP contribution in [0.3, 0.4) is 0 Å². The Balaban J connectivity index is 2.01. The second kappa shape index (κ2) is 6.86. The Morgan fingerprint density at radius 1 is 1.35 bits per heavy atom. The van der Waals surface area contributed by atoms with Gasteiger partial charge in [0.25, 0.3) is 0 Å². The monoisotopic (exact) mass is 295 g/mol. The number of nitrogens with one attached hydrogen (secondary N) is 1. The number of sulfonamides is 1. The fourth-order valence-electron chi connectivity index (χ4n) is 1.95. The minimum atomic E-state index is -3.51. The predicted molar refractivity (Wildman–Crippen MR) is 74.6 cm³/mol. The smallest absolute Gasteiger partial charge is 0.240 e. The Morgan fingerprint density at radius 3 is 2.70 bits per heavy atom. The highest BCUT2D eigenvalue weighted by Crippen LogP contribution is 2.13. The quantitative estimate of drug-likeness (QED) is 0.793. The Morgan fingerprint density at radius 2 is 2.10 bits per heavy atom. The summed E-state index contributed by atoms with van der Waals surface area (Å²) in [7, 11) is -3.51. The molecule has 0 aliphatic carbocycles. The third-order valence-electron chi connectivity index (χ3n) is 3.00. The van der Waals surface area contributed by atoms with Crippen LogP contribution in [0.5, 0.6) is 0 Å². The van der Waals surface area contributed by atoms with Gasteiger partial charge in [0.05, 0.1) is 11.0 Å². The molecular formula is C14H17NO4S. The maximum absolute atomic E-state index is 12.1. The summed E-state index contributed by atoms with van der Waals surface area (Å²) in [5.74, 6) is 5.22. The molecule has 6 heteroatoms. The Hall–Kier alpha value is -1.39. The second-order valence-electron chi connectivity index (χ2n) is 4.47. The molecule has 0 bridgehead atoms. The number of hydrogen-bond donors (Lipinski definition) is 2. The minimum absolute atomic E-state index is 0.0283. The van der Waals surface area contributed by atoms with Crippen LogP contribution in [0.1, 0.15) is 18.4 Å². The van der Waals surface area contributed by atoms with E-state index >= 15 is 0 Å². The van der Waals surface area contributed by atoms with E-state index < -0.39 is 10.0 Å². The molecule has 1 heterocycles. The molecule has 108 valence electrons. The minimum Gasteiger partial charge on any atom is -0.384 e. The molecule has 5 nitrogen and oxygen atoms in total. The van der Waals surface area contributed by atoms with Crippen molar-refractivity contribution in [3.05, 3.63) is 29.8 Å². The third kappa shape index (κ3) is 4.05. The molecule has 1 aromatic rings. The molecule has 1 aliphatic heterocycles. The average Bonchev–Trinajstić information content (AvgIpc) is 2.97. The fraction of sp³-hybridized carbons (Fsp3) is 0.429. The number of ether oxygens (including phenoxy) is 1. The molecule has 1 saturated heterocycles. The molecule has 1 fully saturated rings. The van der Waals surface area contributed by atoms with Gasteiger partial charge in [-0.15, -0.1) is 0 Å². The van der Waals surface area contributed by atoms with E-state index in [9.17, 15) is 8.42 Å². The molecule has 0 amide bonds. The average molecular weight is 295 g/mol. The Bertz CT molecular complexity index is 592. The van der Waals surface area contributed by atoms with Gasteiger partial charge in [-0.2, -0.15) is 0 Å². The van der Waals surface area contributed by atoms with Crippen LogP contribution in [-0.4, -0.2) is 39.4 Å². The van der Waals surface area contributed by atoms with Crippen LogP contribution in [0.15, 0.2) is 29.2 Å². The van der Waals surface area contributed by atoms with E-state index in [-0.39, 0.29) is 17.6 Å². The van der Waals surface area contributed by atoms with Gasteiger partial charge in [0.15, 0.2) is 0 Å². The van der Waals surface area contributed by atoms with Gasteiger partial charge in [0.1, 0.15) is 6.61 Å². The van der Waals surface area contributed by atoms with Gasteiger partial charge in [-0.3, -0.25) is 0 Å². The van der Waals surface area contributed by atoms with Crippen molar-refractivity contribution in [2.45, 2.75) is 23.8 Å². The third-order valence-corrected chi connectivity index (χ3v) is 4.44. The van der Waals surface area contributed by atoms with Crippen molar-refractivity contribution in [1.29, 1.82) is 0 Å². The lowest BCUT2D eigenvalue weighted by Crippen LogP contribution is -2.31. The highest BCUT2D eigenvalue weighted by Gasteiger charge is 2.19. The zero-order valence-electron chi connectivity index (χ0n) is 11.0. The number of aliphatic hydroxyl groups is 1. The summed E-state index contributed by atoms with van der Waals surface area (Å²) in [6.45, 7) is 0.780. The molecule has 0 spiro atoms. The van der Waals surface area contributed by atoms with Crippen molar-refractivity contribution in [2.75, 3.05) is 19.8 Å². The first-order chi connectivity index (χ1) is 9.62. The van der Waals surface area contributed by atoms with Gasteiger partial charge in [-0.1, -0.05) is 11.8 Å². The fourth-order valence-corrected chi connectivity index (χ4v) is 3.02. The molecule has 20 heavy (non-hydrogen) atoms. The van der Waals surface area contributed by atoms with Crippen LogP contribution in [0.25, 0.3) is 0 Å². The summed E-state index contributed by atoms with van der Waals surface area (Å²) >= 11 is 0. The molecule has 0 aromatic heterocycles. The lowest BCUT2D eigenvalue weighted by molar-refractivity contribution is 0.114. The Labute approximate surface area is 119 Å². The van der Waals surface area contributed by atoms with E-state index in [0.29, 0.717) is 18.7 Å². The highest BCUT2D eigenvalue weighted by molar-refractivity contribution is 7.89. The summed E-state index contributed by atoms with van der Waals surface area (Å²) in [6, 6.07) is 6.23. The molecule has 1 aromatic carbocycles. The Kier molecular flexibility index (Phi) is 5.15. The van der Waals surface area contributed by atoms with Crippen molar-refractivity contribution < 1.29 is 18.3 Å². The zero-order valence-corrected chi connectivity index (χ0v) is 11.8. The summed E-state index contributed by atoms with van der Waals surface area (Å²) < 4.78 is 32.1. The normalized spacial score (nSPS) is 18.6. The van der Waals surface area contributed by atoms with Crippen molar-refractivity contribution in [1.82, 2.24) is 4.72 Å². The van der Waals surface area contributed by atoms with Gasteiger partial charge in [-0.25, -0.2) is 13.1 Å². The molecule has 2 N–H and O–H groups in total. The molecule has 1 unspecified atom stereocenters. The molecular weight excluding hydrogens is 278 g/mol.